The molecule has 0 bridgehead atoms. The quantitative estimate of drug-likeness (QED) is 0.813. The van der Waals surface area contributed by atoms with E-state index in [1.165, 1.54) is 0 Å². The summed E-state index contributed by atoms with van der Waals surface area (Å²) in [4.78, 5) is 0. The van der Waals surface area contributed by atoms with Gasteiger partial charge in [0.05, 0.1) is 12.7 Å². The summed E-state index contributed by atoms with van der Waals surface area (Å²) in [6, 6.07) is 7.86. The topological polar surface area (TPSA) is 41.5 Å². The molecule has 1 aliphatic heterocycles. The molecule has 1 heterocycles. The Balaban J connectivity index is 1.87. The van der Waals surface area contributed by atoms with Crippen LogP contribution in [-0.4, -0.2) is 25.3 Å². The highest BCUT2D eigenvalue weighted by molar-refractivity contribution is 5.33. The van der Waals surface area contributed by atoms with Crippen molar-refractivity contribution in [1.82, 2.24) is 5.32 Å². The summed E-state index contributed by atoms with van der Waals surface area (Å²) in [5.41, 5.74) is 0.359. The van der Waals surface area contributed by atoms with Crippen LogP contribution in [-0.2, 0) is 5.60 Å². The van der Waals surface area contributed by atoms with Crippen LogP contribution < -0.4 is 10.1 Å². The Kier molecular flexibility index (Phi) is 2.60. The second kappa shape index (κ2) is 4.00. The summed E-state index contributed by atoms with van der Waals surface area (Å²) < 4.78 is 5.23. The van der Waals surface area contributed by atoms with Gasteiger partial charge in [-0.3, -0.25) is 0 Å². The third kappa shape index (κ3) is 1.83. The molecule has 2 fully saturated rings. The lowest BCUT2D eigenvalue weighted by Crippen LogP contribution is -2.25. The average Bonchev–Trinajstić information content (AvgIpc) is 2.88. The van der Waals surface area contributed by atoms with Crippen molar-refractivity contribution in [2.45, 2.75) is 18.4 Å². The van der Waals surface area contributed by atoms with Gasteiger partial charge in [0.1, 0.15) is 5.75 Å². The van der Waals surface area contributed by atoms with Gasteiger partial charge in [0, 0.05) is 0 Å². The van der Waals surface area contributed by atoms with Crippen LogP contribution in [0, 0.1) is 11.8 Å². The van der Waals surface area contributed by atoms with Crippen LogP contribution >= 0.6 is 0 Å². The van der Waals surface area contributed by atoms with Crippen molar-refractivity contribution >= 4 is 0 Å². The predicted molar refractivity (Wildman–Crippen MR) is 66.0 cm³/mol. The highest BCUT2D eigenvalue weighted by atomic mass is 16.5. The van der Waals surface area contributed by atoms with E-state index in [2.05, 4.69) is 5.32 Å². The van der Waals surface area contributed by atoms with Gasteiger partial charge < -0.3 is 15.2 Å². The van der Waals surface area contributed by atoms with E-state index < -0.39 is 5.60 Å². The average molecular weight is 233 g/mol. The molecule has 3 heteroatoms. The Bertz CT molecular complexity index is 406. The fourth-order valence-electron chi connectivity index (χ4n) is 3.36. The lowest BCUT2D eigenvalue weighted by Gasteiger charge is -2.24. The lowest BCUT2D eigenvalue weighted by molar-refractivity contribution is 0.0356. The number of fused-ring (bicyclic) bond motifs is 1. The van der Waals surface area contributed by atoms with Crippen LogP contribution in [0.3, 0.4) is 0 Å². The zero-order valence-corrected chi connectivity index (χ0v) is 10.1. The van der Waals surface area contributed by atoms with Gasteiger partial charge >= 0.3 is 0 Å². The number of hydrogen-bond donors (Lipinski definition) is 2. The highest BCUT2D eigenvalue weighted by Gasteiger charge is 2.46. The van der Waals surface area contributed by atoms with Crippen molar-refractivity contribution in [2.24, 2.45) is 11.8 Å². The van der Waals surface area contributed by atoms with E-state index in [9.17, 15) is 5.11 Å². The number of aliphatic hydroxyl groups is 1. The normalized spacial score (nSPS) is 35.9. The molecular weight excluding hydrogens is 214 g/mol. The molecule has 0 aromatic heterocycles. The molecule has 17 heavy (non-hydrogen) atoms. The fourth-order valence-corrected chi connectivity index (χ4v) is 3.36. The van der Waals surface area contributed by atoms with Crippen LogP contribution in [0.2, 0.25) is 0 Å². The summed E-state index contributed by atoms with van der Waals surface area (Å²) in [6.45, 7) is 2.11. The molecule has 2 N–H and O–H groups in total. The van der Waals surface area contributed by atoms with Crippen LogP contribution in [0.5, 0.6) is 5.75 Å². The lowest BCUT2D eigenvalue weighted by atomic mass is 9.90. The Morgan fingerprint density at radius 3 is 2.65 bits per heavy atom. The number of methoxy groups -OCH3 is 1. The van der Waals surface area contributed by atoms with Gasteiger partial charge in [0.25, 0.3) is 0 Å². The molecule has 1 aliphatic carbocycles. The zero-order valence-electron chi connectivity index (χ0n) is 10.1. The number of nitrogens with one attached hydrogen (secondary N) is 1. The maximum absolute atomic E-state index is 10.8. The zero-order chi connectivity index (χ0) is 11.9. The van der Waals surface area contributed by atoms with Crippen molar-refractivity contribution in [3.8, 4) is 5.75 Å². The van der Waals surface area contributed by atoms with Crippen molar-refractivity contribution in [3.05, 3.63) is 29.8 Å². The maximum Gasteiger partial charge on any atom is 0.119 e. The Hall–Kier alpha value is -1.06. The van der Waals surface area contributed by atoms with Gasteiger partial charge in [-0.1, -0.05) is 12.1 Å². The molecule has 2 aliphatic rings. The van der Waals surface area contributed by atoms with Gasteiger partial charge in [-0.25, -0.2) is 0 Å². The predicted octanol–water partition coefficient (Wildman–Crippen LogP) is 1.51. The van der Waals surface area contributed by atoms with Gasteiger partial charge in [-0.05, 0) is 55.5 Å². The molecule has 0 radical (unpaired) electrons. The van der Waals surface area contributed by atoms with E-state index in [4.69, 9.17) is 4.74 Å². The first-order chi connectivity index (χ1) is 8.21. The van der Waals surface area contributed by atoms with E-state index in [0.717, 1.165) is 37.2 Å². The first kappa shape index (κ1) is 11.1. The summed E-state index contributed by atoms with van der Waals surface area (Å²) >= 11 is 0. The smallest absolute Gasteiger partial charge is 0.119 e. The molecule has 3 nitrogen and oxygen atoms in total. The minimum absolute atomic E-state index is 0.631. The van der Waals surface area contributed by atoms with Crippen LogP contribution in [0.4, 0.5) is 0 Å². The van der Waals surface area contributed by atoms with Gasteiger partial charge in [0.2, 0.25) is 0 Å². The van der Waals surface area contributed by atoms with E-state index in [1.807, 2.05) is 24.3 Å². The molecule has 1 saturated heterocycles. The maximum atomic E-state index is 10.8. The molecule has 1 aromatic rings. The van der Waals surface area contributed by atoms with Crippen LogP contribution in [0.1, 0.15) is 18.4 Å². The van der Waals surface area contributed by atoms with Gasteiger partial charge in [-0.15, -0.1) is 0 Å². The number of rotatable bonds is 2. The summed E-state index contributed by atoms with van der Waals surface area (Å²) in [7, 11) is 1.66. The van der Waals surface area contributed by atoms with Crippen molar-refractivity contribution < 1.29 is 9.84 Å². The minimum atomic E-state index is -0.647. The van der Waals surface area contributed by atoms with Crippen molar-refractivity contribution in [1.29, 1.82) is 0 Å². The molecule has 92 valence electrons. The van der Waals surface area contributed by atoms with E-state index in [1.54, 1.807) is 7.11 Å². The fraction of sp³-hybridized carbons (Fsp3) is 0.571. The standard InChI is InChI=1S/C14H19NO2/c1-17-13-4-2-3-12(5-13)14(16)6-10-8-15-9-11(10)7-14/h2-5,10-11,15-16H,6-9H2,1H3/t10-,11+,14?. The summed E-state index contributed by atoms with van der Waals surface area (Å²) in [5, 5.41) is 14.2. The third-order valence-corrected chi connectivity index (χ3v) is 4.29. The first-order valence-corrected chi connectivity index (χ1v) is 6.29. The van der Waals surface area contributed by atoms with E-state index in [0.29, 0.717) is 11.8 Å². The third-order valence-electron chi connectivity index (χ3n) is 4.29. The minimum Gasteiger partial charge on any atom is -0.497 e. The van der Waals surface area contributed by atoms with Crippen molar-refractivity contribution in [2.75, 3.05) is 20.2 Å². The molecular formula is C14H19NO2. The molecule has 3 rings (SSSR count). The van der Waals surface area contributed by atoms with Crippen LogP contribution in [0.15, 0.2) is 24.3 Å². The summed E-state index contributed by atoms with van der Waals surface area (Å²) in [6.07, 6.45) is 1.75. The Labute approximate surface area is 102 Å². The SMILES string of the molecule is COc1cccc(C2(O)C[C@H]3CNC[C@H]3C2)c1. The highest BCUT2D eigenvalue weighted by Crippen LogP contribution is 2.47. The number of hydrogen-bond acceptors (Lipinski definition) is 3. The second-order valence-corrected chi connectivity index (χ2v) is 5.35. The number of benzene rings is 1. The Morgan fingerprint density at radius 2 is 2.00 bits per heavy atom. The van der Waals surface area contributed by atoms with Crippen LogP contribution in [0.25, 0.3) is 0 Å². The first-order valence-electron chi connectivity index (χ1n) is 6.29. The monoisotopic (exact) mass is 233 g/mol. The second-order valence-electron chi connectivity index (χ2n) is 5.35. The van der Waals surface area contributed by atoms with Gasteiger partial charge in [-0.2, -0.15) is 0 Å². The molecule has 3 atom stereocenters. The Morgan fingerprint density at radius 1 is 1.29 bits per heavy atom. The molecule has 0 spiro atoms. The van der Waals surface area contributed by atoms with Crippen molar-refractivity contribution in [3.63, 3.8) is 0 Å². The van der Waals surface area contributed by atoms with E-state index in [-0.39, 0.29) is 0 Å². The number of ether oxygens (including phenoxy) is 1. The molecule has 1 aromatic carbocycles. The van der Waals surface area contributed by atoms with Gasteiger partial charge in [0.15, 0.2) is 0 Å². The summed E-state index contributed by atoms with van der Waals surface area (Å²) in [5.74, 6) is 2.09. The largest absolute Gasteiger partial charge is 0.497 e. The molecule has 1 saturated carbocycles. The van der Waals surface area contributed by atoms with E-state index >= 15 is 0 Å². The molecule has 0 amide bonds. The molecule has 1 unspecified atom stereocenters.